The molecular formula is C38H57FO2. The van der Waals surface area contributed by atoms with Gasteiger partial charge >= 0.3 is 0 Å². The highest BCUT2D eigenvalue weighted by Gasteiger charge is 2.29. The van der Waals surface area contributed by atoms with Gasteiger partial charge in [0.25, 0.3) is 0 Å². The number of benzene rings is 1. The van der Waals surface area contributed by atoms with Crippen LogP contribution >= 0.6 is 0 Å². The maximum absolute atomic E-state index is 15.7. The van der Waals surface area contributed by atoms with Crippen molar-refractivity contribution >= 4 is 11.6 Å². The van der Waals surface area contributed by atoms with Gasteiger partial charge in [0, 0.05) is 18.4 Å². The Morgan fingerprint density at radius 2 is 1.59 bits per heavy atom. The van der Waals surface area contributed by atoms with Gasteiger partial charge in [-0.05, 0) is 110 Å². The second kappa shape index (κ2) is 16.4. The number of carbonyl (C=O) groups excluding carboxylic acids is 2. The zero-order valence-electron chi connectivity index (χ0n) is 25.9. The van der Waals surface area contributed by atoms with Crippen LogP contribution in [-0.4, -0.2) is 11.6 Å². The van der Waals surface area contributed by atoms with Gasteiger partial charge in [0.15, 0.2) is 5.78 Å². The van der Waals surface area contributed by atoms with Crippen LogP contribution in [0.3, 0.4) is 0 Å². The van der Waals surface area contributed by atoms with Crippen molar-refractivity contribution in [3.05, 3.63) is 70.6 Å². The summed E-state index contributed by atoms with van der Waals surface area (Å²) in [6.07, 6.45) is 17.7. The van der Waals surface area contributed by atoms with Crippen molar-refractivity contribution in [1.29, 1.82) is 0 Å². The molecule has 2 aliphatic carbocycles. The quantitative estimate of drug-likeness (QED) is 0.187. The fourth-order valence-corrected chi connectivity index (χ4v) is 6.92. The van der Waals surface area contributed by atoms with Crippen LogP contribution in [0, 0.1) is 24.2 Å². The third-order valence-corrected chi connectivity index (χ3v) is 9.16. The van der Waals surface area contributed by atoms with E-state index in [4.69, 9.17) is 0 Å². The van der Waals surface area contributed by atoms with Crippen molar-refractivity contribution in [1.82, 2.24) is 0 Å². The molecule has 0 spiro atoms. The predicted molar refractivity (Wildman–Crippen MR) is 173 cm³/mol. The summed E-state index contributed by atoms with van der Waals surface area (Å²) < 4.78 is 15.7. The smallest absolute Gasteiger partial charge is 0.159 e. The summed E-state index contributed by atoms with van der Waals surface area (Å²) in [5, 5.41) is 0. The fourth-order valence-electron chi connectivity index (χ4n) is 6.92. The number of Topliss-reactive ketones (excluding diaryl/α,β-unsaturated/α-hetero) is 2. The Kier molecular flexibility index (Phi) is 13.9. The highest BCUT2D eigenvalue weighted by Crippen LogP contribution is 2.40. The third-order valence-electron chi connectivity index (χ3n) is 9.16. The molecule has 41 heavy (non-hydrogen) atoms. The van der Waals surface area contributed by atoms with Crippen LogP contribution in [0.5, 0.6) is 0 Å². The predicted octanol–water partition coefficient (Wildman–Crippen LogP) is 11.1. The lowest BCUT2D eigenvalue weighted by Crippen LogP contribution is -2.24. The number of hydrogen-bond acceptors (Lipinski definition) is 2. The average Bonchev–Trinajstić information content (AvgIpc) is 2.89. The number of rotatable bonds is 12. The Morgan fingerprint density at radius 3 is 2.20 bits per heavy atom. The Morgan fingerprint density at radius 1 is 0.976 bits per heavy atom. The number of hydrogen-bond donors (Lipinski definition) is 0. The topological polar surface area (TPSA) is 34.1 Å². The first-order chi connectivity index (χ1) is 18.9. The van der Waals surface area contributed by atoms with E-state index in [0.717, 1.165) is 38.5 Å². The zero-order valence-corrected chi connectivity index (χ0v) is 25.9. The minimum Gasteiger partial charge on any atom is -0.300 e. The summed E-state index contributed by atoms with van der Waals surface area (Å²) in [5.74, 6) is 1.01. The number of carbonyl (C=O) groups is 2. The van der Waals surface area contributed by atoms with Crippen LogP contribution in [0.1, 0.15) is 141 Å². The van der Waals surface area contributed by atoms with E-state index in [-0.39, 0.29) is 35.9 Å². The Labute approximate surface area is 251 Å². The van der Waals surface area contributed by atoms with Gasteiger partial charge in [-0.25, -0.2) is 4.39 Å². The van der Waals surface area contributed by atoms with Crippen molar-refractivity contribution < 1.29 is 14.0 Å². The lowest BCUT2D eigenvalue weighted by Gasteiger charge is -2.32. The molecule has 0 aliphatic heterocycles. The molecular weight excluding hydrogens is 507 g/mol. The normalized spacial score (nSPS) is 20.8. The summed E-state index contributed by atoms with van der Waals surface area (Å²) in [7, 11) is 0. The van der Waals surface area contributed by atoms with Gasteiger partial charge in [0.2, 0.25) is 0 Å². The molecule has 2 fully saturated rings. The Hall–Kier alpha value is -2.29. The van der Waals surface area contributed by atoms with Gasteiger partial charge in [-0.1, -0.05) is 91.2 Å². The lowest BCUT2D eigenvalue weighted by atomic mass is 9.72. The van der Waals surface area contributed by atoms with E-state index >= 15 is 4.39 Å². The van der Waals surface area contributed by atoms with Crippen molar-refractivity contribution in [3.63, 3.8) is 0 Å². The number of ketones is 2. The Balaban J connectivity index is 0.00000588. The van der Waals surface area contributed by atoms with Gasteiger partial charge in [-0.2, -0.15) is 0 Å². The van der Waals surface area contributed by atoms with E-state index in [0.29, 0.717) is 42.5 Å². The van der Waals surface area contributed by atoms with Gasteiger partial charge in [0.1, 0.15) is 11.6 Å². The number of halogens is 1. The van der Waals surface area contributed by atoms with Crippen LogP contribution in [0.2, 0.25) is 0 Å². The summed E-state index contributed by atoms with van der Waals surface area (Å²) in [6.45, 7) is 13.8. The molecule has 0 unspecified atom stereocenters. The van der Waals surface area contributed by atoms with Crippen molar-refractivity contribution in [2.75, 3.05) is 0 Å². The molecule has 0 saturated heterocycles. The van der Waals surface area contributed by atoms with E-state index < -0.39 is 0 Å². The molecule has 0 amide bonds. The highest BCUT2D eigenvalue weighted by molar-refractivity contribution is 5.95. The summed E-state index contributed by atoms with van der Waals surface area (Å²) in [4.78, 5) is 24.7. The first-order valence-corrected chi connectivity index (χ1v) is 15.8. The van der Waals surface area contributed by atoms with E-state index in [1.165, 1.54) is 61.8 Å². The minimum absolute atomic E-state index is 0. The first-order valence-electron chi connectivity index (χ1n) is 15.8. The molecule has 0 bridgehead atoms. The van der Waals surface area contributed by atoms with Crippen molar-refractivity contribution in [3.8, 4) is 0 Å². The molecule has 2 nitrogen and oxygen atoms in total. The van der Waals surface area contributed by atoms with Gasteiger partial charge in [0.05, 0.1) is 0 Å². The van der Waals surface area contributed by atoms with E-state index in [1.807, 2.05) is 0 Å². The Bertz CT molecular complexity index is 1090. The number of aryl methyl sites for hydroxylation is 1. The molecule has 228 valence electrons. The van der Waals surface area contributed by atoms with Crippen LogP contribution in [0.25, 0.3) is 0 Å². The number of allylic oxidation sites excluding steroid dienone is 5. The van der Waals surface area contributed by atoms with Crippen molar-refractivity contribution in [2.24, 2.45) is 17.3 Å². The lowest BCUT2D eigenvalue weighted by molar-refractivity contribution is -0.122. The molecule has 2 aliphatic rings. The van der Waals surface area contributed by atoms with Crippen LogP contribution in [0.15, 0.2) is 53.9 Å². The molecule has 1 aromatic carbocycles. The molecule has 3 heteroatoms. The van der Waals surface area contributed by atoms with E-state index in [9.17, 15) is 9.59 Å². The molecule has 3 rings (SSSR count). The minimum atomic E-state index is -0.349. The van der Waals surface area contributed by atoms with Gasteiger partial charge in [-0.3, -0.25) is 9.59 Å². The monoisotopic (exact) mass is 564 g/mol. The largest absolute Gasteiger partial charge is 0.300 e. The summed E-state index contributed by atoms with van der Waals surface area (Å²) >= 11 is 0. The average molecular weight is 565 g/mol. The molecule has 1 aromatic rings. The van der Waals surface area contributed by atoms with E-state index in [1.54, 1.807) is 0 Å². The van der Waals surface area contributed by atoms with Crippen LogP contribution < -0.4 is 0 Å². The first kappa shape index (κ1) is 34.9. The standard InChI is InChI=1S/C37H53FO2.CH4/c1-26(28(3)39)22-36(38)33(23-31-16-10-11-17-32(31)24-34(40)25-37(4,5)6)20-12-18-29-19-13-21-35(27(29)2)30-14-8-7-9-15-30;/h13,19-22,30-32H,1,7-12,14-18,23-25H2,2-6H3;1H4/b33-20-,36-22+;/t31-,32+;/m0./s1. The molecule has 0 N–H and O–H groups in total. The van der Waals surface area contributed by atoms with Gasteiger partial charge < -0.3 is 0 Å². The SMILES string of the molecule is C.C=C(/C=C(F)\C(=C/CCc1cccc(C2CCCCC2)c1C)C[C@@H]1CCCC[C@@H]1CC(=O)CC(C)(C)C)C(C)=O. The molecule has 2 saturated carbocycles. The molecule has 0 radical (unpaired) electrons. The summed E-state index contributed by atoms with van der Waals surface area (Å²) in [5.41, 5.74) is 5.09. The molecule has 0 aromatic heterocycles. The van der Waals surface area contributed by atoms with Gasteiger partial charge in [-0.15, -0.1) is 0 Å². The van der Waals surface area contributed by atoms with E-state index in [2.05, 4.69) is 58.5 Å². The summed E-state index contributed by atoms with van der Waals surface area (Å²) in [6, 6.07) is 6.71. The van der Waals surface area contributed by atoms with Crippen molar-refractivity contribution in [2.45, 2.75) is 138 Å². The van der Waals surface area contributed by atoms with Crippen LogP contribution in [0.4, 0.5) is 4.39 Å². The second-order valence-corrected chi connectivity index (χ2v) is 13.8. The maximum atomic E-state index is 15.7. The zero-order chi connectivity index (χ0) is 29.3. The fraction of sp³-hybridized carbons (Fsp3) is 0.632. The highest BCUT2D eigenvalue weighted by atomic mass is 19.1. The third kappa shape index (κ3) is 11.1. The molecule has 2 atom stereocenters. The second-order valence-electron chi connectivity index (χ2n) is 13.8. The molecule has 0 heterocycles. The maximum Gasteiger partial charge on any atom is 0.159 e. The van der Waals surface area contributed by atoms with Crippen LogP contribution in [-0.2, 0) is 16.0 Å².